The minimum Gasteiger partial charge on any atom is -0.292 e. The first-order chi connectivity index (χ1) is 9.13. The molecule has 1 unspecified atom stereocenters. The average molecular weight is 274 g/mol. The predicted octanol–water partition coefficient (Wildman–Crippen LogP) is 3.97. The zero-order valence-electron chi connectivity index (χ0n) is 9.81. The van der Waals surface area contributed by atoms with Gasteiger partial charge in [-0.15, -0.1) is 0 Å². The van der Waals surface area contributed by atoms with Gasteiger partial charge in [0.05, 0.1) is 11.1 Å². The van der Waals surface area contributed by atoms with E-state index in [-0.39, 0.29) is 10.6 Å². The summed E-state index contributed by atoms with van der Waals surface area (Å²) in [6.45, 7) is 0. The molecule has 0 fully saturated rings. The van der Waals surface area contributed by atoms with E-state index in [1.807, 2.05) is 6.07 Å². The maximum atomic E-state index is 13.3. The first-order valence-corrected chi connectivity index (χ1v) is 5.95. The van der Waals surface area contributed by atoms with E-state index < -0.39 is 17.5 Å². The molecule has 2 aromatic carbocycles. The van der Waals surface area contributed by atoms with Crippen LogP contribution in [0.1, 0.15) is 21.8 Å². The number of nitriles is 1. The quantitative estimate of drug-likeness (QED) is 0.794. The van der Waals surface area contributed by atoms with E-state index in [1.165, 1.54) is 12.1 Å². The highest BCUT2D eigenvalue weighted by Gasteiger charge is 2.22. The number of hydrogen-bond acceptors (Lipinski definition) is 2. The van der Waals surface area contributed by atoms with Crippen molar-refractivity contribution in [2.45, 2.75) is 5.92 Å². The molecule has 0 bridgehead atoms. The number of rotatable bonds is 3. The van der Waals surface area contributed by atoms with E-state index in [0.29, 0.717) is 5.56 Å². The lowest BCUT2D eigenvalue weighted by Gasteiger charge is -2.08. The molecule has 0 spiro atoms. The van der Waals surface area contributed by atoms with Crippen LogP contribution in [0.2, 0.25) is 5.02 Å². The van der Waals surface area contributed by atoms with Crippen LogP contribution in [0.4, 0.5) is 4.39 Å². The summed E-state index contributed by atoms with van der Waals surface area (Å²) < 4.78 is 13.3. The lowest BCUT2D eigenvalue weighted by Crippen LogP contribution is -2.11. The summed E-state index contributed by atoms with van der Waals surface area (Å²) in [5.41, 5.74) is 0.725. The molecule has 0 aliphatic heterocycles. The normalized spacial score (nSPS) is 11.6. The number of Topliss-reactive ketones (excluding diaryl/α,β-unsaturated/α-hetero) is 1. The molecule has 0 amide bonds. The van der Waals surface area contributed by atoms with Crippen molar-refractivity contribution in [3.8, 4) is 6.07 Å². The van der Waals surface area contributed by atoms with E-state index in [0.717, 1.165) is 6.07 Å². The topological polar surface area (TPSA) is 40.9 Å². The molecular weight excluding hydrogens is 265 g/mol. The molecule has 0 radical (unpaired) electrons. The summed E-state index contributed by atoms with van der Waals surface area (Å²) in [6, 6.07) is 14.4. The molecule has 0 heterocycles. The van der Waals surface area contributed by atoms with Crippen molar-refractivity contribution in [2.75, 3.05) is 0 Å². The van der Waals surface area contributed by atoms with E-state index in [1.54, 1.807) is 30.3 Å². The highest BCUT2D eigenvalue weighted by molar-refractivity contribution is 6.30. The summed E-state index contributed by atoms with van der Waals surface area (Å²) in [7, 11) is 0. The number of hydrogen-bond donors (Lipinski definition) is 0. The first kappa shape index (κ1) is 13.3. The van der Waals surface area contributed by atoms with Gasteiger partial charge in [0.1, 0.15) is 11.7 Å². The van der Waals surface area contributed by atoms with Gasteiger partial charge in [0, 0.05) is 5.56 Å². The van der Waals surface area contributed by atoms with Crippen molar-refractivity contribution < 1.29 is 9.18 Å². The molecule has 2 aromatic rings. The Hall–Kier alpha value is -2.18. The summed E-state index contributed by atoms with van der Waals surface area (Å²) >= 11 is 5.56. The largest absolute Gasteiger partial charge is 0.292 e. The Kier molecular flexibility index (Phi) is 3.94. The van der Waals surface area contributed by atoms with Gasteiger partial charge in [-0.2, -0.15) is 5.26 Å². The van der Waals surface area contributed by atoms with Crippen molar-refractivity contribution in [3.05, 3.63) is 70.5 Å². The van der Waals surface area contributed by atoms with E-state index in [9.17, 15) is 9.18 Å². The highest BCUT2D eigenvalue weighted by atomic mass is 35.5. The fourth-order valence-electron chi connectivity index (χ4n) is 1.75. The standard InChI is InChI=1S/C15H9ClFNO/c16-13-7-6-11(8-14(13)17)15(19)12(9-18)10-4-2-1-3-5-10/h1-8,12H. The number of carbonyl (C=O) groups is 1. The van der Waals surface area contributed by atoms with Crippen molar-refractivity contribution in [1.29, 1.82) is 5.26 Å². The van der Waals surface area contributed by atoms with Crippen LogP contribution in [0.25, 0.3) is 0 Å². The fraction of sp³-hybridized carbons (Fsp3) is 0.0667. The average Bonchev–Trinajstić information content (AvgIpc) is 2.44. The Bertz CT molecular complexity index is 649. The van der Waals surface area contributed by atoms with Gasteiger partial charge in [-0.05, 0) is 23.8 Å². The van der Waals surface area contributed by atoms with Gasteiger partial charge in [-0.1, -0.05) is 41.9 Å². The molecule has 0 N–H and O–H groups in total. The van der Waals surface area contributed by atoms with Gasteiger partial charge in [0.2, 0.25) is 0 Å². The number of benzene rings is 2. The second kappa shape index (κ2) is 5.64. The van der Waals surface area contributed by atoms with Crippen molar-refractivity contribution in [2.24, 2.45) is 0 Å². The third-order valence-corrected chi connectivity index (χ3v) is 3.03. The smallest absolute Gasteiger partial charge is 0.184 e. The molecule has 1 atom stereocenters. The van der Waals surface area contributed by atoms with Gasteiger partial charge >= 0.3 is 0 Å². The minimum absolute atomic E-state index is 0.0511. The second-order valence-electron chi connectivity index (χ2n) is 3.97. The summed E-state index contributed by atoms with van der Waals surface area (Å²) in [4.78, 5) is 12.2. The van der Waals surface area contributed by atoms with Crippen molar-refractivity contribution in [3.63, 3.8) is 0 Å². The summed E-state index contributed by atoms with van der Waals surface area (Å²) in [5, 5.41) is 9.09. The molecule has 2 nitrogen and oxygen atoms in total. The van der Waals surface area contributed by atoms with Gasteiger partial charge in [0.15, 0.2) is 5.78 Å². The van der Waals surface area contributed by atoms with Crippen LogP contribution in [0, 0.1) is 17.1 Å². The third-order valence-electron chi connectivity index (χ3n) is 2.73. The number of ketones is 1. The van der Waals surface area contributed by atoms with Crippen LogP contribution >= 0.6 is 11.6 Å². The molecular formula is C15H9ClFNO. The molecule has 0 aliphatic rings. The van der Waals surface area contributed by atoms with Gasteiger partial charge < -0.3 is 0 Å². The molecule has 2 rings (SSSR count). The highest BCUT2D eigenvalue weighted by Crippen LogP contribution is 2.23. The lowest BCUT2D eigenvalue weighted by atomic mass is 9.92. The van der Waals surface area contributed by atoms with Crippen LogP contribution in [0.15, 0.2) is 48.5 Å². The lowest BCUT2D eigenvalue weighted by molar-refractivity contribution is 0.0978. The van der Waals surface area contributed by atoms with E-state index in [2.05, 4.69) is 0 Å². The van der Waals surface area contributed by atoms with E-state index in [4.69, 9.17) is 16.9 Å². The molecule has 19 heavy (non-hydrogen) atoms. The molecule has 94 valence electrons. The van der Waals surface area contributed by atoms with E-state index >= 15 is 0 Å². The molecule has 0 aliphatic carbocycles. The Morgan fingerprint density at radius 3 is 2.47 bits per heavy atom. The van der Waals surface area contributed by atoms with Crippen LogP contribution in [-0.2, 0) is 0 Å². The Morgan fingerprint density at radius 2 is 1.89 bits per heavy atom. The zero-order chi connectivity index (χ0) is 13.8. The Balaban J connectivity index is 2.37. The number of nitrogens with zero attached hydrogens (tertiary/aromatic N) is 1. The van der Waals surface area contributed by atoms with Crippen LogP contribution in [0.5, 0.6) is 0 Å². The fourth-order valence-corrected chi connectivity index (χ4v) is 1.86. The Labute approximate surface area is 115 Å². The van der Waals surface area contributed by atoms with Gasteiger partial charge in [0.25, 0.3) is 0 Å². The van der Waals surface area contributed by atoms with Crippen LogP contribution < -0.4 is 0 Å². The maximum Gasteiger partial charge on any atom is 0.184 e. The van der Waals surface area contributed by atoms with Crippen LogP contribution in [-0.4, -0.2) is 5.78 Å². The molecule has 4 heteroatoms. The predicted molar refractivity (Wildman–Crippen MR) is 70.5 cm³/mol. The first-order valence-electron chi connectivity index (χ1n) is 5.57. The zero-order valence-corrected chi connectivity index (χ0v) is 10.6. The van der Waals surface area contributed by atoms with Crippen molar-refractivity contribution >= 4 is 17.4 Å². The van der Waals surface area contributed by atoms with Crippen LogP contribution in [0.3, 0.4) is 0 Å². The summed E-state index contributed by atoms with van der Waals surface area (Å²) in [5.74, 6) is -2.05. The number of carbonyl (C=O) groups excluding carboxylic acids is 1. The van der Waals surface area contributed by atoms with Gasteiger partial charge in [-0.3, -0.25) is 4.79 Å². The Morgan fingerprint density at radius 1 is 1.21 bits per heavy atom. The molecule has 0 saturated carbocycles. The third kappa shape index (κ3) is 2.81. The minimum atomic E-state index is -0.943. The number of halogens is 2. The maximum absolute atomic E-state index is 13.3. The molecule has 0 aromatic heterocycles. The molecule has 0 saturated heterocycles. The monoisotopic (exact) mass is 273 g/mol. The van der Waals surface area contributed by atoms with Crippen molar-refractivity contribution in [1.82, 2.24) is 0 Å². The SMILES string of the molecule is N#CC(C(=O)c1ccc(Cl)c(F)c1)c1ccccc1. The van der Waals surface area contributed by atoms with Gasteiger partial charge in [-0.25, -0.2) is 4.39 Å². The summed E-state index contributed by atoms with van der Waals surface area (Å²) in [6.07, 6.45) is 0. The second-order valence-corrected chi connectivity index (χ2v) is 4.37.